The molecule has 10 heteroatoms. The fraction of sp³-hybridized carbons (Fsp3) is 0.192. The summed E-state index contributed by atoms with van der Waals surface area (Å²) in [5, 5.41) is 14.9. The Morgan fingerprint density at radius 3 is 2.47 bits per heavy atom. The van der Waals surface area contributed by atoms with E-state index in [1.165, 1.54) is 17.8 Å². The fourth-order valence-electron chi connectivity index (χ4n) is 3.60. The lowest BCUT2D eigenvalue weighted by atomic mass is 10.1. The van der Waals surface area contributed by atoms with Crippen molar-refractivity contribution in [2.24, 2.45) is 0 Å². The molecular formula is C26H24F3N5OS. The lowest BCUT2D eigenvalue weighted by Crippen LogP contribution is -2.15. The number of hydrogen-bond donors (Lipinski definition) is 2. The number of para-hydroxylation sites is 1. The zero-order chi connectivity index (χ0) is 25.7. The van der Waals surface area contributed by atoms with Crippen molar-refractivity contribution in [1.82, 2.24) is 14.8 Å². The average molecular weight is 512 g/mol. The Hall–Kier alpha value is -3.79. The third-order valence-electron chi connectivity index (χ3n) is 5.34. The Balaban J connectivity index is 1.50. The van der Waals surface area contributed by atoms with E-state index >= 15 is 0 Å². The smallest absolute Gasteiger partial charge is 0.378 e. The molecule has 0 atom stereocenters. The van der Waals surface area contributed by atoms with Crippen LogP contribution >= 0.6 is 11.8 Å². The summed E-state index contributed by atoms with van der Waals surface area (Å²) < 4.78 is 41.0. The molecule has 3 aromatic carbocycles. The minimum atomic E-state index is -4.43. The molecule has 0 fully saturated rings. The number of anilines is 2. The van der Waals surface area contributed by atoms with Crippen LogP contribution in [0, 0.1) is 13.8 Å². The molecule has 1 aromatic heterocycles. The molecule has 0 radical (unpaired) electrons. The summed E-state index contributed by atoms with van der Waals surface area (Å²) in [6.07, 6.45) is -4.43. The predicted octanol–water partition coefficient (Wildman–Crippen LogP) is 6.25. The van der Waals surface area contributed by atoms with E-state index in [-0.39, 0.29) is 18.2 Å². The van der Waals surface area contributed by atoms with Crippen LogP contribution in [0.4, 0.5) is 24.5 Å². The molecule has 0 unspecified atom stereocenters. The molecular weight excluding hydrogens is 487 g/mol. The van der Waals surface area contributed by atoms with Gasteiger partial charge in [-0.05, 0) is 55.8 Å². The van der Waals surface area contributed by atoms with E-state index in [0.717, 1.165) is 34.6 Å². The van der Waals surface area contributed by atoms with Crippen molar-refractivity contribution in [2.45, 2.75) is 31.7 Å². The molecule has 186 valence electrons. The molecule has 36 heavy (non-hydrogen) atoms. The van der Waals surface area contributed by atoms with Crippen LogP contribution in [-0.4, -0.2) is 26.4 Å². The van der Waals surface area contributed by atoms with Crippen molar-refractivity contribution in [1.29, 1.82) is 0 Å². The summed E-state index contributed by atoms with van der Waals surface area (Å²) in [5.74, 6) is 0.424. The Kier molecular flexibility index (Phi) is 7.64. The number of aromatic nitrogens is 3. The van der Waals surface area contributed by atoms with Crippen molar-refractivity contribution < 1.29 is 18.0 Å². The Morgan fingerprint density at radius 1 is 0.972 bits per heavy atom. The number of hydrogen-bond acceptors (Lipinski definition) is 5. The number of rotatable bonds is 8. The van der Waals surface area contributed by atoms with E-state index in [4.69, 9.17) is 0 Å². The van der Waals surface area contributed by atoms with E-state index in [1.54, 1.807) is 10.6 Å². The zero-order valence-corrected chi connectivity index (χ0v) is 20.5. The van der Waals surface area contributed by atoms with Crippen LogP contribution in [0.25, 0.3) is 5.69 Å². The Morgan fingerprint density at radius 2 is 1.75 bits per heavy atom. The Bertz CT molecular complexity index is 1360. The fourth-order valence-corrected chi connectivity index (χ4v) is 4.37. The molecule has 0 saturated carbocycles. The lowest BCUT2D eigenvalue weighted by molar-refractivity contribution is -0.137. The van der Waals surface area contributed by atoms with E-state index in [9.17, 15) is 18.0 Å². The molecule has 6 nitrogen and oxygen atoms in total. The summed E-state index contributed by atoms with van der Waals surface area (Å²) in [4.78, 5) is 12.6. The number of amides is 1. The SMILES string of the molecule is Cc1ccc(NC(=O)CSc2nnc(CNc3cccc(C(F)(F)F)c3)n2-c2ccccc2)c(C)c1. The van der Waals surface area contributed by atoms with Gasteiger partial charge in [-0.2, -0.15) is 13.2 Å². The van der Waals surface area contributed by atoms with Gasteiger partial charge >= 0.3 is 6.18 Å². The van der Waals surface area contributed by atoms with Crippen molar-refractivity contribution in [3.05, 3.63) is 95.3 Å². The van der Waals surface area contributed by atoms with Gasteiger partial charge in [-0.25, -0.2) is 0 Å². The van der Waals surface area contributed by atoms with Crippen LogP contribution < -0.4 is 10.6 Å². The van der Waals surface area contributed by atoms with Crippen LogP contribution in [0.1, 0.15) is 22.5 Å². The molecule has 0 saturated heterocycles. The monoisotopic (exact) mass is 511 g/mol. The normalized spacial score (nSPS) is 11.4. The van der Waals surface area contributed by atoms with Crippen molar-refractivity contribution in [3.8, 4) is 5.69 Å². The number of carbonyl (C=O) groups excluding carboxylic acids is 1. The predicted molar refractivity (Wildman–Crippen MR) is 135 cm³/mol. The van der Waals surface area contributed by atoms with Gasteiger partial charge in [0.05, 0.1) is 17.9 Å². The maximum absolute atomic E-state index is 13.1. The summed E-state index contributed by atoms with van der Waals surface area (Å²) in [7, 11) is 0. The second kappa shape index (κ2) is 10.9. The topological polar surface area (TPSA) is 71.8 Å². The molecule has 0 aliphatic heterocycles. The molecule has 1 heterocycles. The van der Waals surface area contributed by atoms with Crippen molar-refractivity contribution >= 4 is 29.0 Å². The molecule has 0 bridgehead atoms. The first-order valence-corrected chi connectivity index (χ1v) is 12.1. The van der Waals surface area contributed by atoms with Crippen molar-refractivity contribution in [2.75, 3.05) is 16.4 Å². The van der Waals surface area contributed by atoms with Crippen molar-refractivity contribution in [3.63, 3.8) is 0 Å². The average Bonchev–Trinajstić information content (AvgIpc) is 3.26. The standard InChI is InChI=1S/C26H24F3N5OS/c1-17-11-12-22(18(2)13-17)31-24(35)16-36-25-33-32-23(34(25)21-9-4-3-5-10-21)15-30-20-8-6-7-19(14-20)26(27,28)29/h3-14,30H,15-16H2,1-2H3,(H,31,35). The molecule has 0 spiro atoms. The van der Waals surface area contributed by atoms with E-state index in [0.29, 0.717) is 16.7 Å². The second-order valence-electron chi connectivity index (χ2n) is 8.16. The highest BCUT2D eigenvalue weighted by Gasteiger charge is 2.30. The van der Waals surface area contributed by atoms with Crippen LogP contribution in [0.15, 0.2) is 78.0 Å². The lowest BCUT2D eigenvalue weighted by Gasteiger charge is -2.13. The summed E-state index contributed by atoms with van der Waals surface area (Å²) in [5.41, 5.74) is 3.20. The van der Waals surface area contributed by atoms with Gasteiger partial charge in [-0.15, -0.1) is 10.2 Å². The quantitative estimate of drug-likeness (QED) is 0.274. The van der Waals surface area contributed by atoms with Gasteiger partial charge in [0.15, 0.2) is 11.0 Å². The highest BCUT2D eigenvalue weighted by molar-refractivity contribution is 7.99. The highest BCUT2D eigenvalue weighted by Crippen LogP contribution is 2.31. The minimum absolute atomic E-state index is 0.110. The first kappa shape index (κ1) is 25.3. The van der Waals surface area contributed by atoms with E-state index in [1.807, 2.05) is 62.4 Å². The first-order valence-electron chi connectivity index (χ1n) is 11.1. The number of alkyl halides is 3. The number of aryl methyl sites for hydroxylation is 2. The second-order valence-corrected chi connectivity index (χ2v) is 9.10. The molecule has 4 rings (SSSR count). The summed E-state index contributed by atoms with van der Waals surface area (Å²) in [6, 6.07) is 20.1. The molecule has 0 aliphatic rings. The Labute approximate surface area is 211 Å². The van der Waals surface area contributed by atoms with Gasteiger partial charge in [0.25, 0.3) is 0 Å². The van der Waals surface area contributed by atoms with Crippen LogP contribution in [0.3, 0.4) is 0 Å². The van der Waals surface area contributed by atoms with Gasteiger partial charge in [-0.1, -0.05) is 53.7 Å². The number of halogens is 3. The molecule has 2 N–H and O–H groups in total. The van der Waals surface area contributed by atoms with Gasteiger partial charge in [0.1, 0.15) is 0 Å². The zero-order valence-electron chi connectivity index (χ0n) is 19.6. The number of thioether (sulfide) groups is 1. The number of benzene rings is 3. The first-order chi connectivity index (χ1) is 17.2. The largest absolute Gasteiger partial charge is 0.416 e. The number of carbonyl (C=O) groups is 1. The van der Waals surface area contributed by atoms with Crippen LogP contribution in [0.5, 0.6) is 0 Å². The third kappa shape index (κ3) is 6.25. The van der Waals surface area contributed by atoms with Gasteiger partial charge < -0.3 is 10.6 Å². The van der Waals surface area contributed by atoms with Gasteiger partial charge in [-0.3, -0.25) is 9.36 Å². The number of nitrogens with zero attached hydrogens (tertiary/aromatic N) is 3. The minimum Gasteiger partial charge on any atom is -0.378 e. The summed E-state index contributed by atoms with van der Waals surface area (Å²) in [6.45, 7) is 4.06. The third-order valence-corrected chi connectivity index (χ3v) is 6.27. The molecule has 4 aromatic rings. The van der Waals surface area contributed by atoms with Crippen LogP contribution in [-0.2, 0) is 17.5 Å². The molecule has 0 aliphatic carbocycles. The molecule has 1 amide bonds. The number of nitrogens with one attached hydrogen (secondary N) is 2. The van der Waals surface area contributed by atoms with Crippen LogP contribution in [0.2, 0.25) is 0 Å². The van der Waals surface area contributed by atoms with E-state index in [2.05, 4.69) is 20.8 Å². The maximum atomic E-state index is 13.1. The highest BCUT2D eigenvalue weighted by atomic mass is 32.2. The van der Waals surface area contributed by atoms with Gasteiger partial charge in [0, 0.05) is 17.1 Å². The summed E-state index contributed by atoms with van der Waals surface area (Å²) >= 11 is 1.23. The van der Waals surface area contributed by atoms with Gasteiger partial charge in [0.2, 0.25) is 5.91 Å². The van der Waals surface area contributed by atoms with E-state index < -0.39 is 11.7 Å². The maximum Gasteiger partial charge on any atom is 0.416 e.